The molecule has 9 heterocycles. The van der Waals surface area contributed by atoms with E-state index >= 15 is 0 Å². The fraction of sp³-hybridized carbons (Fsp3) is 0.543. The number of nitrogens with zero attached hydrogens (tertiary/aromatic N) is 10. The highest BCUT2D eigenvalue weighted by Gasteiger charge is 2.54. The van der Waals surface area contributed by atoms with E-state index in [-0.39, 0.29) is 51.2 Å². The molecule has 4 unspecified atom stereocenters. The molecule has 0 aliphatic carbocycles. The Morgan fingerprint density at radius 3 is 2.00 bits per heavy atom. The van der Waals surface area contributed by atoms with Crippen LogP contribution in [-0.2, 0) is 75.7 Å². The highest BCUT2D eigenvalue weighted by atomic mass is 31.3. The van der Waals surface area contributed by atoms with Gasteiger partial charge in [-0.1, -0.05) is 4.98 Å². The number of aryl methyl sites for hydroxylation is 1. The number of phosphoric acid groups is 4. The lowest BCUT2D eigenvalue weighted by Gasteiger charge is -2.26. The summed E-state index contributed by atoms with van der Waals surface area (Å²) in [7, 11) is -20.0. The molecule has 6 aromatic heterocycles. The zero-order valence-corrected chi connectivity index (χ0v) is 44.6. The summed E-state index contributed by atoms with van der Waals surface area (Å²) in [5, 5.41) is 35.5. The number of nitrogens with two attached hydrogens (primary N) is 3. The van der Waals surface area contributed by atoms with E-state index in [4.69, 9.17) is 54.2 Å². The van der Waals surface area contributed by atoms with Crippen LogP contribution in [0.4, 0.5) is 22.5 Å². The van der Waals surface area contributed by atoms with E-state index in [1.165, 1.54) is 27.1 Å². The predicted molar refractivity (Wildman–Crippen MR) is 257 cm³/mol. The summed E-state index contributed by atoms with van der Waals surface area (Å²) in [6, 6.07) is 0. The molecule has 0 saturated carbocycles. The molecule has 16 N–H and O–H groups in total. The monoisotopic (exact) mass is 1220 g/mol. The minimum Gasteiger partial charge on any atom is -0.453 e. The largest absolute Gasteiger partial charge is 0.490 e. The van der Waals surface area contributed by atoms with Crippen LogP contribution in [0.1, 0.15) is 18.7 Å². The van der Waals surface area contributed by atoms with Crippen LogP contribution in [0.2, 0.25) is 0 Å². The minimum atomic E-state index is -6.25. The molecule has 3 aliphatic rings. The third-order valence-corrected chi connectivity index (χ3v) is 17.6. The van der Waals surface area contributed by atoms with Crippen molar-refractivity contribution < 1.29 is 113 Å². The van der Waals surface area contributed by atoms with Gasteiger partial charge in [-0.05, 0) is 0 Å². The molecule has 1 amide bonds. The number of ether oxygens (including phenoxy) is 5. The Bertz CT molecular complexity index is 3640. The second-order valence-corrected chi connectivity index (χ2v) is 23.6. The lowest BCUT2D eigenvalue weighted by Crippen LogP contribution is -2.46. The number of hydrogen-bond donors (Lipinski definition) is 13. The lowest BCUT2D eigenvalue weighted by molar-refractivity contribution is -0.745. The molecular formula is C35H49N16O25P4+. The maximum absolute atomic E-state index is 13.7. The standard InChI is InChI=1S/C35H48N16O25P4/c1-48-11-51(27-18(48)29(56)47-34(38)45-27)30-19(52)12(4-39-35(57)67-3)13(71-30)5-69-78(60,61)75-80(64,65)76-79(62,63)70-7-15-22(23(66-2)32(73-15)49-9-42-16-24(36)40-8-41-25(16)49)74-77(58,59)68-6-14-20(53)21(54)31(72-14)50-10-43-17-26(50)44-33(37)46-28(17)55/h8-15,19-23,30-32,52-54H,4-7H2,1-3H3,(H12-,36,37,38,39,40,41,44,45,46,47,55,56,57,58,59,60,61,62,63,64,65)/p+1/t12-,13-,14-,15-,19-,20-,21-,22-,23-,30-,31-,32-/m1/s1. The Hall–Kier alpha value is -5.84. The fourth-order valence-corrected chi connectivity index (χ4v) is 13.4. The molecule has 3 fully saturated rings. The Morgan fingerprint density at radius 1 is 0.725 bits per heavy atom. The second kappa shape index (κ2) is 22.5. The molecule has 3 aliphatic heterocycles. The van der Waals surface area contributed by atoms with Gasteiger partial charge in [-0.3, -0.25) is 51.4 Å². The molecule has 16 atom stereocenters. The van der Waals surface area contributed by atoms with E-state index in [2.05, 4.69) is 58.5 Å². The third-order valence-electron chi connectivity index (χ3n) is 12.4. The maximum Gasteiger partial charge on any atom is 0.490 e. The van der Waals surface area contributed by atoms with Gasteiger partial charge in [-0.2, -0.15) is 13.6 Å². The highest BCUT2D eigenvalue weighted by Crippen LogP contribution is 2.68. The molecule has 3 saturated heterocycles. The molecule has 0 radical (unpaired) electrons. The van der Waals surface area contributed by atoms with Crippen LogP contribution in [0, 0.1) is 5.92 Å². The molecule has 438 valence electrons. The number of aromatic amines is 2. The van der Waals surface area contributed by atoms with Crippen molar-refractivity contribution in [3.63, 3.8) is 0 Å². The topological polar surface area (TPSA) is 580 Å². The number of hydrogen-bond acceptors (Lipinski definition) is 30. The number of carbonyl (C=O) groups excluding carboxylic acids is 1. The Kier molecular flexibility index (Phi) is 16.5. The van der Waals surface area contributed by atoms with Gasteiger partial charge in [0.2, 0.25) is 17.7 Å². The molecule has 0 bridgehead atoms. The van der Waals surface area contributed by atoms with Crippen molar-refractivity contribution in [1.82, 2.24) is 58.9 Å². The van der Waals surface area contributed by atoms with Gasteiger partial charge in [-0.15, -0.1) is 0 Å². The van der Waals surface area contributed by atoms with Gasteiger partial charge in [-0.25, -0.2) is 47.6 Å². The number of nitrogens with one attached hydrogen (secondary N) is 3. The van der Waals surface area contributed by atoms with Crippen LogP contribution in [0.5, 0.6) is 0 Å². The van der Waals surface area contributed by atoms with Gasteiger partial charge in [0, 0.05) is 19.6 Å². The number of fused-ring (bicyclic) bond motifs is 3. The SMILES string of the molecule is COC(=O)NC[C@H]1[C@@H](O)[C@H]([n+]2cn(C)c3c(=O)[nH]c(N)nc32)O[C@@H]1COP(=O)(O)OP(=O)(O)OP(=O)(O)OC[C@H]1O[C@@H](n2cnc3c(N)ncnc32)[C@H](OC)[C@@H]1OP(=O)(O)OC[C@H]1O[C@@H](n2cnc3c(=O)[nH]c(N)nc32)[C@H](O)[C@@H]1O. The zero-order valence-electron chi connectivity index (χ0n) is 41.0. The number of alkyl carbamates (subject to hydrolysis) is 1. The normalized spacial score (nSPS) is 29.2. The number of phosphoric ester groups is 3. The predicted octanol–water partition coefficient (Wildman–Crippen LogP) is -4.10. The van der Waals surface area contributed by atoms with Crippen molar-refractivity contribution in [3.8, 4) is 0 Å². The number of aliphatic hydroxyl groups excluding tert-OH is 3. The van der Waals surface area contributed by atoms with Crippen LogP contribution in [-0.4, -0.2) is 184 Å². The van der Waals surface area contributed by atoms with Crippen LogP contribution < -0.4 is 38.2 Å². The molecule has 0 spiro atoms. The van der Waals surface area contributed by atoms with Crippen molar-refractivity contribution >= 4 is 88.6 Å². The van der Waals surface area contributed by atoms with Gasteiger partial charge in [0.25, 0.3) is 17.1 Å². The Morgan fingerprint density at radius 2 is 1.32 bits per heavy atom. The second-order valence-electron chi connectivity index (χ2n) is 17.5. The summed E-state index contributed by atoms with van der Waals surface area (Å²) >= 11 is 0. The number of carbonyl (C=O) groups is 1. The number of methoxy groups -OCH3 is 2. The number of aromatic nitrogens is 12. The van der Waals surface area contributed by atoms with E-state index in [1.54, 1.807) is 0 Å². The average molecular weight is 1220 g/mol. The number of rotatable bonds is 21. The fourth-order valence-electron chi connectivity index (χ4n) is 8.90. The average Bonchev–Trinajstić information content (AvgIpc) is 4.23. The molecule has 41 nitrogen and oxygen atoms in total. The van der Waals surface area contributed by atoms with E-state index in [0.29, 0.717) is 0 Å². The summed E-state index contributed by atoms with van der Waals surface area (Å²) in [5.74, 6) is -1.96. The van der Waals surface area contributed by atoms with Gasteiger partial charge in [0.15, 0.2) is 41.4 Å². The molecule has 45 heteroatoms. The summed E-state index contributed by atoms with van der Waals surface area (Å²) in [5.41, 5.74) is 15.5. The molecular weight excluding hydrogens is 1170 g/mol. The number of anilines is 3. The minimum absolute atomic E-state index is 0.000383. The van der Waals surface area contributed by atoms with Crippen LogP contribution in [0.25, 0.3) is 33.5 Å². The van der Waals surface area contributed by atoms with Crippen molar-refractivity contribution in [1.29, 1.82) is 0 Å². The number of H-pyrrole nitrogens is 2. The summed E-state index contributed by atoms with van der Waals surface area (Å²) in [4.78, 5) is 109. The number of amides is 1. The lowest BCUT2D eigenvalue weighted by atomic mass is 9.98. The number of imidazole rings is 3. The quantitative estimate of drug-likeness (QED) is 0.0241. The van der Waals surface area contributed by atoms with E-state index in [9.17, 15) is 67.5 Å². The Labute approximate surface area is 443 Å². The Balaban J connectivity index is 0.876. The van der Waals surface area contributed by atoms with Gasteiger partial charge >= 0.3 is 43.0 Å². The molecule has 6 aromatic rings. The first-order chi connectivity index (χ1) is 37.6. The first-order valence-corrected chi connectivity index (χ1v) is 28.7. The van der Waals surface area contributed by atoms with Crippen molar-refractivity contribution in [2.24, 2.45) is 13.0 Å². The van der Waals surface area contributed by atoms with Crippen molar-refractivity contribution in [2.75, 3.05) is 57.8 Å². The first kappa shape index (κ1) is 58.8. The van der Waals surface area contributed by atoms with Crippen LogP contribution in [0.15, 0.2) is 34.9 Å². The van der Waals surface area contributed by atoms with Gasteiger partial charge in [0.1, 0.15) is 54.6 Å². The van der Waals surface area contributed by atoms with E-state index in [1.807, 2.05) is 0 Å². The number of aliphatic hydroxyl groups is 3. The van der Waals surface area contributed by atoms with Crippen LogP contribution >= 0.6 is 31.3 Å². The molecule has 80 heavy (non-hydrogen) atoms. The summed E-state index contributed by atoms with van der Waals surface area (Å²) in [6.45, 7) is -3.80. The summed E-state index contributed by atoms with van der Waals surface area (Å²) in [6.07, 6.45) is -14.5. The zero-order chi connectivity index (χ0) is 58.0. The van der Waals surface area contributed by atoms with E-state index in [0.717, 1.165) is 37.8 Å². The first-order valence-electron chi connectivity index (χ1n) is 22.7. The molecule has 9 rings (SSSR count). The molecule has 0 aromatic carbocycles. The third kappa shape index (κ3) is 12.0. The van der Waals surface area contributed by atoms with Gasteiger partial charge in [0.05, 0.1) is 52.7 Å². The maximum atomic E-state index is 13.7. The highest BCUT2D eigenvalue weighted by molar-refractivity contribution is 7.66. The van der Waals surface area contributed by atoms with Crippen molar-refractivity contribution in [2.45, 2.75) is 67.5 Å². The van der Waals surface area contributed by atoms with E-state index < -0.39 is 148 Å². The summed E-state index contributed by atoms with van der Waals surface area (Å²) < 4.78 is 115. The smallest absolute Gasteiger partial charge is 0.453 e. The van der Waals surface area contributed by atoms with Crippen molar-refractivity contribution in [3.05, 3.63) is 46.0 Å². The van der Waals surface area contributed by atoms with Crippen LogP contribution in [0.3, 0.4) is 0 Å². The van der Waals surface area contributed by atoms with Gasteiger partial charge < -0.3 is 81.1 Å². The number of nitrogen functional groups attached to an aromatic ring is 3.